The van der Waals surface area contributed by atoms with Crippen LogP contribution in [0.2, 0.25) is 0 Å². The van der Waals surface area contributed by atoms with Gasteiger partial charge in [-0.1, -0.05) is 69.8 Å². The molecule has 0 aromatic heterocycles. The third-order valence-electron chi connectivity index (χ3n) is 8.78. The average molecular weight is 525 g/mol. The Morgan fingerprint density at radius 1 is 1.26 bits per heavy atom. The van der Waals surface area contributed by atoms with Gasteiger partial charge in [-0.2, -0.15) is 0 Å². The van der Waals surface area contributed by atoms with Crippen molar-refractivity contribution in [3.63, 3.8) is 0 Å². The second kappa shape index (κ2) is 10.7. The molecule has 1 aromatic rings. The molecule has 0 radical (unpaired) electrons. The summed E-state index contributed by atoms with van der Waals surface area (Å²) in [6.45, 7) is 15.4. The first kappa shape index (κ1) is 28.0. The van der Waals surface area contributed by atoms with Crippen LogP contribution < -0.4 is 0 Å². The number of likely N-dealkylation sites (tertiary alicyclic amines) is 1. The number of nitrogens with zero attached hydrogens (tertiary/aromatic N) is 2. The third-order valence-corrected chi connectivity index (χ3v) is 8.78. The standard InChI is InChI=1S/C30H40N2O6/c1-7-14-31(17-21-12-10-9-11-13-21)27(35)25-30-16-20(5)29(6,38-30)24(28(36)37-15-8-2)23(30)26(34)32(25)22(18-33)19(3)4/h7-13,19-20,22-25,33H,1-2,14-18H2,3-6H3/t20?,22-,23-,24+,25?,29-,30?/m0/s1. The molecule has 206 valence electrons. The van der Waals surface area contributed by atoms with E-state index in [-0.39, 0.29) is 43.4 Å². The lowest BCUT2D eigenvalue weighted by molar-refractivity contribution is -0.163. The molecule has 2 amide bonds. The van der Waals surface area contributed by atoms with Crippen LogP contribution in [0, 0.1) is 23.7 Å². The third kappa shape index (κ3) is 4.28. The minimum atomic E-state index is -1.21. The smallest absolute Gasteiger partial charge is 0.313 e. The molecule has 3 saturated heterocycles. The molecule has 4 rings (SSSR count). The summed E-state index contributed by atoms with van der Waals surface area (Å²) in [5.74, 6) is -3.13. The van der Waals surface area contributed by atoms with E-state index in [1.807, 2.05) is 58.0 Å². The highest BCUT2D eigenvalue weighted by Gasteiger charge is 2.80. The minimum Gasteiger partial charge on any atom is -0.461 e. The Labute approximate surface area is 225 Å². The van der Waals surface area contributed by atoms with E-state index < -0.39 is 41.1 Å². The highest BCUT2D eigenvalue weighted by Crippen LogP contribution is 2.65. The van der Waals surface area contributed by atoms with Gasteiger partial charge in [0.1, 0.15) is 24.2 Å². The number of carbonyl (C=O) groups excluding carboxylic acids is 3. The summed E-state index contributed by atoms with van der Waals surface area (Å²) in [6, 6.07) is 8.01. The van der Waals surface area contributed by atoms with Gasteiger partial charge in [-0.25, -0.2) is 0 Å². The predicted molar refractivity (Wildman–Crippen MR) is 143 cm³/mol. The largest absolute Gasteiger partial charge is 0.461 e. The Hall–Kier alpha value is -2.97. The molecule has 0 aliphatic carbocycles. The summed E-state index contributed by atoms with van der Waals surface area (Å²) in [5, 5.41) is 10.4. The van der Waals surface area contributed by atoms with Gasteiger partial charge in [-0.15, -0.1) is 6.58 Å². The zero-order valence-electron chi connectivity index (χ0n) is 22.8. The Morgan fingerprint density at radius 3 is 2.53 bits per heavy atom. The number of esters is 1. The maximum atomic E-state index is 14.5. The van der Waals surface area contributed by atoms with Crippen LogP contribution in [0.25, 0.3) is 0 Å². The highest BCUT2D eigenvalue weighted by atomic mass is 16.6. The van der Waals surface area contributed by atoms with E-state index >= 15 is 0 Å². The number of aliphatic hydroxyl groups is 1. The Balaban J connectivity index is 1.83. The van der Waals surface area contributed by atoms with Crippen LogP contribution in [0.4, 0.5) is 0 Å². The zero-order valence-corrected chi connectivity index (χ0v) is 22.8. The number of hydrogen-bond donors (Lipinski definition) is 1. The lowest BCUT2D eigenvalue weighted by Crippen LogP contribution is -2.59. The first-order valence-electron chi connectivity index (χ1n) is 13.4. The molecular formula is C30H40N2O6. The van der Waals surface area contributed by atoms with Crippen LogP contribution in [-0.4, -0.2) is 75.7 Å². The maximum Gasteiger partial charge on any atom is 0.313 e. The Kier molecular flexibility index (Phi) is 7.86. The van der Waals surface area contributed by atoms with Gasteiger partial charge in [0.15, 0.2) is 0 Å². The van der Waals surface area contributed by atoms with Gasteiger partial charge in [0.2, 0.25) is 11.8 Å². The Morgan fingerprint density at radius 2 is 1.95 bits per heavy atom. The first-order chi connectivity index (χ1) is 18.1. The predicted octanol–water partition coefficient (Wildman–Crippen LogP) is 2.96. The number of fused-ring (bicyclic) bond motifs is 1. The molecule has 8 nitrogen and oxygen atoms in total. The van der Waals surface area contributed by atoms with E-state index in [0.29, 0.717) is 13.0 Å². The van der Waals surface area contributed by atoms with Crippen LogP contribution in [0.3, 0.4) is 0 Å². The molecule has 3 aliphatic heterocycles. The number of amides is 2. The fourth-order valence-corrected chi connectivity index (χ4v) is 6.89. The molecular weight excluding hydrogens is 484 g/mol. The van der Waals surface area contributed by atoms with Crippen molar-refractivity contribution < 1.29 is 29.0 Å². The van der Waals surface area contributed by atoms with Gasteiger partial charge in [-0.3, -0.25) is 14.4 Å². The molecule has 3 heterocycles. The van der Waals surface area contributed by atoms with Crippen LogP contribution >= 0.6 is 0 Å². The first-order valence-corrected chi connectivity index (χ1v) is 13.4. The van der Waals surface area contributed by atoms with Crippen LogP contribution in [0.5, 0.6) is 0 Å². The summed E-state index contributed by atoms with van der Waals surface area (Å²) in [6.07, 6.45) is 3.59. The molecule has 7 atom stereocenters. The summed E-state index contributed by atoms with van der Waals surface area (Å²) >= 11 is 0. The zero-order chi connectivity index (χ0) is 27.8. The molecule has 1 N–H and O–H groups in total. The molecule has 0 saturated carbocycles. The van der Waals surface area contributed by atoms with E-state index in [9.17, 15) is 19.5 Å². The summed E-state index contributed by atoms with van der Waals surface area (Å²) in [4.78, 5) is 45.4. The normalized spacial score (nSPS) is 32.3. The minimum absolute atomic E-state index is 0.0230. The van der Waals surface area contributed by atoms with Crippen molar-refractivity contribution in [1.82, 2.24) is 9.80 Å². The second-order valence-electron chi connectivity index (χ2n) is 11.4. The van der Waals surface area contributed by atoms with Gasteiger partial charge < -0.3 is 24.4 Å². The van der Waals surface area contributed by atoms with Crippen LogP contribution in [0.15, 0.2) is 55.6 Å². The second-order valence-corrected chi connectivity index (χ2v) is 11.4. The molecule has 3 aliphatic rings. The van der Waals surface area contributed by atoms with Crippen LogP contribution in [0.1, 0.15) is 39.7 Å². The Bertz CT molecular complexity index is 1090. The molecule has 2 bridgehead atoms. The van der Waals surface area contributed by atoms with Gasteiger partial charge in [-0.05, 0) is 30.7 Å². The molecule has 3 unspecified atom stereocenters. The van der Waals surface area contributed by atoms with Crippen molar-refractivity contribution in [2.45, 2.75) is 63.9 Å². The van der Waals surface area contributed by atoms with Crippen molar-refractivity contribution >= 4 is 17.8 Å². The van der Waals surface area contributed by atoms with Crippen molar-refractivity contribution in [2.24, 2.45) is 23.7 Å². The van der Waals surface area contributed by atoms with E-state index in [1.54, 1.807) is 11.0 Å². The van der Waals surface area contributed by atoms with Crippen molar-refractivity contribution in [3.8, 4) is 0 Å². The van der Waals surface area contributed by atoms with Crippen molar-refractivity contribution in [3.05, 3.63) is 61.2 Å². The van der Waals surface area contributed by atoms with E-state index in [0.717, 1.165) is 5.56 Å². The number of benzene rings is 1. The van der Waals surface area contributed by atoms with Gasteiger partial charge >= 0.3 is 5.97 Å². The number of aliphatic hydroxyl groups excluding tert-OH is 1. The van der Waals surface area contributed by atoms with Crippen molar-refractivity contribution in [1.29, 1.82) is 0 Å². The van der Waals surface area contributed by atoms with Crippen LogP contribution in [-0.2, 0) is 30.4 Å². The quantitative estimate of drug-likeness (QED) is 0.353. The van der Waals surface area contributed by atoms with E-state index in [2.05, 4.69) is 13.2 Å². The number of rotatable bonds is 11. The monoisotopic (exact) mass is 524 g/mol. The highest BCUT2D eigenvalue weighted by molar-refractivity contribution is 5.98. The number of carbonyl (C=O) groups is 3. The van der Waals surface area contributed by atoms with E-state index in [1.165, 1.54) is 11.0 Å². The molecule has 1 aromatic carbocycles. The lowest BCUT2D eigenvalue weighted by atomic mass is 9.62. The SMILES string of the molecule is C=CCOC(=O)[C@H]1[C@H]2C(=O)N([C@@H](CO)C(C)C)C(C(=O)N(CC=C)Cc3ccccc3)C23CC(C)[C@]1(C)O3. The summed E-state index contributed by atoms with van der Waals surface area (Å²) < 4.78 is 12.2. The molecule has 38 heavy (non-hydrogen) atoms. The fraction of sp³-hybridized carbons (Fsp3) is 0.567. The molecule has 8 heteroatoms. The molecule has 3 fully saturated rings. The molecule has 1 spiro atoms. The van der Waals surface area contributed by atoms with Crippen molar-refractivity contribution in [2.75, 3.05) is 19.8 Å². The van der Waals surface area contributed by atoms with Gasteiger partial charge in [0.05, 0.1) is 24.2 Å². The van der Waals surface area contributed by atoms with Gasteiger partial charge in [0, 0.05) is 13.1 Å². The maximum absolute atomic E-state index is 14.5. The fourth-order valence-electron chi connectivity index (χ4n) is 6.89. The lowest BCUT2D eigenvalue weighted by Gasteiger charge is -2.40. The number of ether oxygens (including phenoxy) is 2. The summed E-state index contributed by atoms with van der Waals surface area (Å²) in [7, 11) is 0. The summed E-state index contributed by atoms with van der Waals surface area (Å²) in [5.41, 5.74) is -1.23. The topological polar surface area (TPSA) is 96.4 Å². The average Bonchev–Trinajstić information content (AvgIpc) is 3.40. The van der Waals surface area contributed by atoms with Gasteiger partial charge in [0.25, 0.3) is 0 Å². The van der Waals surface area contributed by atoms with E-state index in [4.69, 9.17) is 9.47 Å². The number of hydrogen-bond acceptors (Lipinski definition) is 6.